The van der Waals surface area contributed by atoms with Gasteiger partial charge in [-0.05, 0) is 25.0 Å². The van der Waals surface area contributed by atoms with Gasteiger partial charge in [-0.3, -0.25) is 9.78 Å². The first-order valence-electron chi connectivity index (χ1n) is 8.64. The Morgan fingerprint density at radius 1 is 1.08 bits per heavy atom. The smallest absolute Gasteiger partial charge is 0.258 e. The molecule has 1 aromatic carbocycles. The molecule has 6 nitrogen and oxygen atoms in total. The van der Waals surface area contributed by atoms with Crippen LogP contribution >= 0.6 is 0 Å². The van der Waals surface area contributed by atoms with Gasteiger partial charge in [-0.2, -0.15) is 0 Å². The fourth-order valence-electron chi connectivity index (χ4n) is 3.41. The molecule has 1 fully saturated rings. The van der Waals surface area contributed by atoms with E-state index in [1.165, 1.54) is 6.20 Å². The largest absolute Gasteiger partial charge is 0.368 e. The van der Waals surface area contributed by atoms with E-state index in [1.54, 1.807) is 6.20 Å². The number of carbonyl (C=O) groups is 1. The standard InChI is InChI=1S/C20H19N5O/c21-20-23-13-15(18(24-20)14-7-2-1-3-8-14)19(26)25-12-6-10-17(25)16-9-4-5-11-22-16/h1-5,7-9,11,13,17H,6,10,12H2,(H2,21,23,24). The molecule has 3 aromatic rings. The first kappa shape index (κ1) is 16.2. The Morgan fingerprint density at radius 2 is 1.88 bits per heavy atom. The van der Waals surface area contributed by atoms with Crippen LogP contribution in [0.3, 0.4) is 0 Å². The Balaban J connectivity index is 1.73. The molecular formula is C20H19N5O. The predicted octanol–water partition coefficient (Wildman–Crippen LogP) is 3.10. The molecule has 2 aromatic heterocycles. The summed E-state index contributed by atoms with van der Waals surface area (Å²) in [6, 6.07) is 15.4. The number of nitrogen functional groups attached to an aromatic ring is 1. The second kappa shape index (κ2) is 6.92. The van der Waals surface area contributed by atoms with Gasteiger partial charge in [0.2, 0.25) is 5.95 Å². The summed E-state index contributed by atoms with van der Waals surface area (Å²) in [7, 11) is 0. The third kappa shape index (κ3) is 3.01. The van der Waals surface area contributed by atoms with Gasteiger partial charge in [0.1, 0.15) is 0 Å². The van der Waals surface area contributed by atoms with E-state index in [1.807, 2.05) is 53.4 Å². The molecule has 1 amide bonds. The van der Waals surface area contributed by atoms with Crippen molar-refractivity contribution < 1.29 is 4.79 Å². The molecule has 26 heavy (non-hydrogen) atoms. The molecule has 130 valence electrons. The number of anilines is 1. The molecule has 3 heterocycles. The highest BCUT2D eigenvalue weighted by atomic mass is 16.2. The third-order valence-corrected chi connectivity index (χ3v) is 4.63. The molecule has 1 aliphatic rings. The number of nitrogens with two attached hydrogens (primary N) is 1. The van der Waals surface area contributed by atoms with Gasteiger partial charge in [-0.15, -0.1) is 0 Å². The van der Waals surface area contributed by atoms with Gasteiger partial charge in [-0.25, -0.2) is 9.97 Å². The highest BCUT2D eigenvalue weighted by molar-refractivity contribution is 6.00. The van der Waals surface area contributed by atoms with Crippen LogP contribution in [0, 0.1) is 0 Å². The molecule has 0 saturated carbocycles. The Labute approximate surface area is 151 Å². The monoisotopic (exact) mass is 345 g/mol. The topological polar surface area (TPSA) is 85.0 Å². The fraction of sp³-hybridized carbons (Fsp3) is 0.200. The number of nitrogens with zero attached hydrogens (tertiary/aromatic N) is 4. The van der Waals surface area contributed by atoms with Crippen LogP contribution in [0.25, 0.3) is 11.3 Å². The molecule has 2 N–H and O–H groups in total. The Morgan fingerprint density at radius 3 is 2.65 bits per heavy atom. The maximum absolute atomic E-state index is 13.3. The summed E-state index contributed by atoms with van der Waals surface area (Å²) >= 11 is 0. The molecule has 0 spiro atoms. The lowest BCUT2D eigenvalue weighted by atomic mass is 10.1. The van der Waals surface area contributed by atoms with E-state index in [0.29, 0.717) is 17.8 Å². The van der Waals surface area contributed by atoms with E-state index in [9.17, 15) is 4.79 Å². The van der Waals surface area contributed by atoms with Gasteiger partial charge < -0.3 is 10.6 Å². The normalized spacial score (nSPS) is 16.6. The molecule has 1 unspecified atom stereocenters. The van der Waals surface area contributed by atoms with Crippen molar-refractivity contribution in [1.29, 1.82) is 0 Å². The van der Waals surface area contributed by atoms with E-state index in [2.05, 4.69) is 15.0 Å². The number of hydrogen-bond acceptors (Lipinski definition) is 5. The van der Waals surface area contributed by atoms with Gasteiger partial charge in [-0.1, -0.05) is 36.4 Å². The van der Waals surface area contributed by atoms with E-state index in [-0.39, 0.29) is 17.9 Å². The summed E-state index contributed by atoms with van der Waals surface area (Å²) in [6.07, 6.45) is 5.14. The van der Waals surface area contributed by atoms with Gasteiger partial charge in [0, 0.05) is 24.5 Å². The van der Waals surface area contributed by atoms with Crippen molar-refractivity contribution in [2.24, 2.45) is 0 Å². The molecule has 1 atom stereocenters. The summed E-state index contributed by atoms with van der Waals surface area (Å²) in [5, 5.41) is 0. The summed E-state index contributed by atoms with van der Waals surface area (Å²) < 4.78 is 0. The quantitative estimate of drug-likeness (QED) is 0.788. The lowest BCUT2D eigenvalue weighted by Gasteiger charge is -2.25. The first-order valence-corrected chi connectivity index (χ1v) is 8.64. The van der Waals surface area contributed by atoms with Crippen LogP contribution in [-0.2, 0) is 0 Å². The molecule has 0 aliphatic carbocycles. The Kier molecular flexibility index (Phi) is 4.31. The molecule has 6 heteroatoms. The fourth-order valence-corrected chi connectivity index (χ4v) is 3.41. The zero-order valence-electron chi connectivity index (χ0n) is 14.2. The van der Waals surface area contributed by atoms with Crippen molar-refractivity contribution in [2.45, 2.75) is 18.9 Å². The van der Waals surface area contributed by atoms with Crippen molar-refractivity contribution in [3.05, 3.63) is 72.2 Å². The van der Waals surface area contributed by atoms with Gasteiger partial charge in [0.25, 0.3) is 5.91 Å². The van der Waals surface area contributed by atoms with E-state index in [0.717, 1.165) is 24.1 Å². The summed E-state index contributed by atoms with van der Waals surface area (Å²) in [5.74, 6) is 0.0695. The molecular weight excluding hydrogens is 326 g/mol. The predicted molar refractivity (Wildman–Crippen MR) is 99.1 cm³/mol. The number of aromatic nitrogens is 3. The number of pyridine rings is 1. The molecule has 0 radical (unpaired) electrons. The van der Waals surface area contributed by atoms with Crippen LogP contribution in [0.4, 0.5) is 5.95 Å². The molecule has 1 aliphatic heterocycles. The Hall–Kier alpha value is -3.28. The maximum Gasteiger partial charge on any atom is 0.258 e. The van der Waals surface area contributed by atoms with Gasteiger partial charge >= 0.3 is 0 Å². The highest BCUT2D eigenvalue weighted by Crippen LogP contribution is 2.33. The van der Waals surface area contributed by atoms with Crippen LogP contribution in [0.2, 0.25) is 0 Å². The number of rotatable bonds is 3. The van der Waals surface area contributed by atoms with Crippen LogP contribution < -0.4 is 5.73 Å². The van der Waals surface area contributed by atoms with E-state index in [4.69, 9.17) is 5.73 Å². The minimum absolute atomic E-state index is 0.0233. The number of hydrogen-bond donors (Lipinski definition) is 1. The number of likely N-dealkylation sites (tertiary alicyclic amines) is 1. The zero-order chi connectivity index (χ0) is 17.9. The SMILES string of the molecule is Nc1ncc(C(=O)N2CCCC2c2ccccn2)c(-c2ccccc2)n1. The highest BCUT2D eigenvalue weighted by Gasteiger charge is 2.33. The minimum Gasteiger partial charge on any atom is -0.368 e. The summed E-state index contributed by atoms with van der Waals surface area (Å²) in [6.45, 7) is 0.693. The second-order valence-electron chi connectivity index (χ2n) is 6.27. The maximum atomic E-state index is 13.3. The molecule has 0 bridgehead atoms. The first-order chi connectivity index (χ1) is 12.7. The zero-order valence-corrected chi connectivity index (χ0v) is 14.2. The van der Waals surface area contributed by atoms with Crippen molar-refractivity contribution in [3.8, 4) is 11.3 Å². The summed E-state index contributed by atoms with van der Waals surface area (Å²) in [5.41, 5.74) is 8.57. The van der Waals surface area contributed by atoms with Crippen LogP contribution in [-0.4, -0.2) is 32.3 Å². The number of amides is 1. The van der Waals surface area contributed by atoms with Crippen molar-refractivity contribution in [2.75, 3.05) is 12.3 Å². The van der Waals surface area contributed by atoms with E-state index < -0.39 is 0 Å². The number of benzene rings is 1. The average molecular weight is 345 g/mol. The minimum atomic E-state index is -0.0861. The molecule has 4 rings (SSSR count). The third-order valence-electron chi connectivity index (χ3n) is 4.63. The van der Waals surface area contributed by atoms with E-state index >= 15 is 0 Å². The lowest BCUT2D eigenvalue weighted by molar-refractivity contribution is 0.0733. The summed E-state index contributed by atoms with van der Waals surface area (Å²) in [4.78, 5) is 28.0. The number of carbonyl (C=O) groups excluding carboxylic acids is 1. The van der Waals surface area contributed by atoms with Crippen molar-refractivity contribution in [1.82, 2.24) is 19.9 Å². The van der Waals surface area contributed by atoms with Crippen LogP contribution in [0.5, 0.6) is 0 Å². The van der Waals surface area contributed by atoms with Crippen molar-refractivity contribution >= 4 is 11.9 Å². The molecule has 1 saturated heterocycles. The van der Waals surface area contributed by atoms with Crippen LogP contribution in [0.1, 0.15) is 34.9 Å². The van der Waals surface area contributed by atoms with Gasteiger partial charge in [0.05, 0.1) is 23.0 Å². The second-order valence-corrected chi connectivity index (χ2v) is 6.27. The van der Waals surface area contributed by atoms with Crippen LogP contribution in [0.15, 0.2) is 60.9 Å². The Bertz CT molecular complexity index is 914. The lowest BCUT2D eigenvalue weighted by Crippen LogP contribution is -2.31. The van der Waals surface area contributed by atoms with Crippen molar-refractivity contribution in [3.63, 3.8) is 0 Å². The average Bonchev–Trinajstić information content (AvgIpc) is 3.19. The van der Waals surface area contributed by atoms with Gasteiger partial charge in [0.15, 0.2) is 0 Å².